The molecule has 8 heteroatoms. The van der Waals surface area contributed by atoms with Crippen molar-refractivity contribution in [1.29, 1.82) is 0 Å². The van der Waals surface area contributed by atoms with Gasteiger partial charge in [0.25, 0.3) is 0 Å². The summed E-state index contributed by atoms with van der Waals surface area (Å²) in [4.78, 5) is 38.1. The third-order valence-corrected chi connectivity index (χ3v) is 9.81. The van der Waals surface area contributed by atoms with Crippen LogP contribution in [0.4, 0.5) is 0 Å². The van der Waals surface area contributed by atoms with Gasteiger partial charge < -0.3 is 9.47 Å². The van der Waals surface area contributed by atoms with E-state index in [1.165, 1.54) is 0 Å². The summed E-state index contributed by atoms with van der Waals surface area (Å²) in [7, 11) is -3.21. The first-order chi connectivity index (χ1) is 13.8. The number of esters is 3. The number of fused-ring (bicyclic) bond motifs is 2. The van der Waals surface area contributed by atoms with Gasteiger partial charge >= 0.3 is 17.9 Å². The van der Waals surface area contributed by atoms with Gasteiger partial charge in [-0.3, -0.25) is 14.4 Å². The van der Waals surface area contributed by atoms with Crippen molar-refractivity contribution in [2.75, 3.05) is 11.5 Å². The van der Waals surface area contributed by atoms with Gasteiger partial charge in [-0.1, -0.05) is 43.6 Å². The van der Waals surface area contributed by atoms with Gasteiger partial charge in [-0.2, -0.15) is 0 Å². The Morgan fingerprint density at radius 2 is 1.47 bits per heavy atom. The zero-order valence-corrected chi connectivity index (χ0v) is 19.1. The van der Waals surface area contributed by atoms with Crippen molar-refractivity contribution in [3.63, 3.8) is 0 Å². The third-order valence-electron chi connectivity index (χ3n) is 7.89. The Morgan fingerprint density at radius 3 is 1.94 bits per heavy atom. The fourth-order valence-corrected chi connectivity index (χ4v) is 9.17. The second-order valence-corrected chi connectivity index (χ2v) is 13.1. The first-order valence-corrected chi connectivity index (χ1v) is 12.8. The average molecular weight is 505 g/mol. The van der Waals surface area contributed by atoms with Crippen molar-refractivity contribution in [2.24, 2.45) is 53.3 Å². The van der Waals surface area contributed by atoms with Gasteiger partial charge in [0, 0.05) is 0 Å². The van der Waals surface area contributed by atoms with Crippen LogP contribution in [-0.4, -0.2) is 43.4 Å². The molecule has 0 radical (unpaired) electrons. The topological polar surface area (TPSA) is 104 Å². The molecule has 0 amide bonds. The number of hydrogen-bond donors (Lipinski definition) is 0. The minimum Gasteiger partial charge on any atom is -0.460 e. The molecule has 4 rings (SSSR count). The maximum atomic E-state index is 12.7. The minimum absolute atomic E-state index is 0. The fraction of sp³-hybridized carbons (Fsp3) is 0.885. The molecule has 9 unspecified atom stereocenters. The quantitative estimate of drug-likeness (QED) is 0.402. The standard InChI is InChI=1S/C22H32O7S.4CH4/c1-10-8-30(26,27)9-15(10)17-18(21(25)28-20(17)24)16-11(2)13-6-12(16)7-14(13)19(23)29-22(3,4)5;;;;/h10-18H,6-9H2,1-5H3;4*1H4. The van der Waals surface area contributed by atoms with Crippen molar-refractivity contribution in [2.45, 2.75) is 82.8 Å². The second kappa shape index (κ2) is 10.7. The third kappa shape index (κ3) is 5.52. The van der Waals surface area contributed by atoms with Crippen molar-refractivity contribution in [1.82, 2.24) is 0 Å². The van der Waals surface area contributed by atoms with Gasteiger partial charge in [0.05, 0.1) is 29.3 Å². The van der Waals surface area contributed by atoms with Crippen molar-refractivity contribution in [3.8, 4) is 0 Å². The maximum absolute atomic E-state index is 12.7. The lowest BCUT2D eigenvalue weighted by molar-refractivity contribution is -0.163. The van der Waals surface area contributed by atoms with Crippen molar-refractivity contribution < 1.29 is 32.3 Å². The van der Waals surface area contributed by atoms with Crippen LogP contribution in [0.25, 0.3) is 0 Å². The van der Waals surface area contributed by atoms with E-state index in [1.807, 2.05) is 34.6 Å². The first-order valence-electron chi connectivity index (χ1n) is 11.0. The van der Waals surface area contributed by atoms with Crippen LogP contribution in [0.5, 0.6) is 0 Å². The number of sulfone groups is 1. The molecule has 9 atom stereocenters. The van der Waals surface area contributed by atoms with Crippen molar-refractivity contribution >= 4 is 27.7 Å². The highest BCUT2D eigenvalue weighted by molar-refractivity contribution is 7.91. The van der Waals surface area contributed by atoms with E-state index in [-0.39, 0.29) is 88.6 Å². The fourth-order valence-electron chi connectivity index (χ4n) is 6.86. The van der Waals surface area contributed by atoms with Gasteiger partial charge in [-0.15, -0.1) is 0 Å². The zero-order chi connectivity index (χ0) is 22.2. The summed E-state index contributed by atoms with van der Waals surface area (Å²) in [6.07, 6.45) is 1.48. The Kier molecular flexibility index (Phi) is 10.2. The van der Waals surface area contributed by atoms with Gasteiger partial charge in [0.2, 0.25) is 0 Å². The smallest absolute Gasteiger partial charge is 0.317 e. The van der Waals surface area contributed by atoms with Crippen LogP contribution in [0.1, 0.15) is 77.2 Å². The van der Waals surface area contributed by atoms with Crippen LogP contribution in [0.15, 0.2) is 0 Å². The molecule has 0 N–H and O–H groups in total. The Bertz CT molecular complexity index is 870. The van der Waals surface area contributed by atoms with E-state index in [1.54, 1.807) is 0 Å². The molecule has 2 saturated heterocycles. The molecule has 4 fully saturated rings. The molecule has 7 nitrogen and oxygen atoms in total. The number of ether oxygens (including phenoxy) is 2. The van der Waals surface area contributed by atoms with Crippen LogP contribution in [0, 0.1) is 53.3 Å². The SMILES string of the molecule is C.C.C.C.CC1CS(=O)(=O)CC1C1C(=O)OC(=O)C1C1C2CC(C(=O)OC(C)(C)C)C(C2)C1C. The minimum atomic E-state index is -3.21. The summed E-state index contributed by atoms with van der Waals surface area (Å²) < 4.78 is 35.0. The maximum Gasteiger partial charge on any atom is 0.317 e. The molecule has 2 heterocycles. The van der Waals surface area contributed by atoms with Gasteiger partial charge in [0.1, 0.15) is 5.60 Å². The summed E-state index contributed by atoms with van der Waals surface area (Å²) in [6.45, 7) is 9.45. The lowest BCUT2D eigenvalue weighted by Crippen LogP contribution is -2.42. The lowest BCUT2D eigenvalue weighted by atomic mass is 9.64. The van der Waals surface area contributed by atoms with Gasteiger partial charge in [-0.05, 0) is 69.1 Å². The number of carbonyl (C=O) groups is 3. The molecular formula is C26H48O7S. The van der Waals surface area contributed by atoms with Crippen LogP contribution < -0.4 is 0 Å². The molecule has 0 spiro atoms. The predicted molar refractivity (Wildman–Crippen MR) is 135 cm³/mol. The summed E-state index contributed by atoms with van der Waals surface area (Å²) in [6, 6.07) is 0. The lowest BCUT2D eigenvalue weighted by Gasteiger charge is -2.38. The number of rotatable bonds is 3. The number of cyclic esters (lactones) is 2. The van der Waals surface area contributed by atoms with E-state index >= 15 is 0 Å². The number of carbonyl (C=O) groups excluding carboxylic acids is 3. The molecule has 200 valence electrons. The van der Waals surface area contributed by atoms with Crippen LogP contribution in [0.3, 0.4) is 0 Å². The normalized spacial score (nSPS) is 39.7. The molecule has 0 aromatic carbocycles. The molecule has 2 aliphatic carbocycles. The van der Waals surface area contributed by atoms with E-state index in [0.29, 0.717) is 6.42 Å². The highest BCUT2D eigenvalue weighted by atomic mass is 32.2. The molecule has 0 aromatic rings. The summed E-state index contributed by atoms with van der Waals surface area (Å²) in [5, 5.41) is 0. The van der Waals surface area contributed by atoms with E-state index in [2.05, 4.69) is 0 Å². The molecule has 2 bridgehead atoms. The summed E-state index contributed by atoms with van der Waals surface area (Å²) in [5.41, 5.74) is -0.543. The molecule has 2 aliphatic heterocycles. The average Bonchev–Trinajstić information content (AvgIpc) is 3.27. The Balaban J connectivity index is 0.00000272. The van der Waals surface area contributed by atoms with E-state index < -0.39 is 39.2 Å². The van der Waals surface area contributed by atoms with E-state index in [0.717, 1.165) is 6.42 Å². The molecule has 2 saturated carbocycles. The highest BCUT2D eigenvalue weighted by Crippen LogP contribution is 2.60. The van der Waals surface area contributed by atoms with Gasteiger partial charge in [-0.25, -0.2) is 8.42 Å². The zero-order valence-electron chi connectivity index (χ0n) is 18.3. The van der Waals surface area contributed by atoms with Crippen LogP contribution in [0.2, 0.25) is 0 Å². The Hall–Kier alpha value is -1.44. The summed E-state index contributed by atoms with van der Waals surface area (Å²) in [5.74, 6) is -3.06. The van der Waals surface area contributed by atoms with Gasteiger partial charge in [0.15, 0.2) is 9.84 Å². The molecular weight excluding hydrogens is 456 g/mol. The van der Waals surface area contributed by atoms with E-state index in [4.69, 9.17) is 9.47 Å². The monoisotopic (exact) mass is 504 g/mol. The Morgan fingerprint density at radius 1 is 0.912 bits per heavy atom. The second-order valence-electron chi connectivity index (χ2n) is 11.0. The largest absolute Gasteiger partial charge is 0.460 e. The van der Waals surface area contributed by atoms with E-state index in [9.17, 15) is 22.8 Å². The first kappa shape index (κ1) is 32.6. The highest BCUT2D eigenvalue weighted by Gasteiger charge is 2.63. The van der Waals surface area contributed by atoms with Crippen LogP contribution in [-0.2, 0) is 33.7 Å². The molecule has 4 aliphatic rings. The Labute approximate surface area is 207 Å². The predicted octanol–water partition coefficient (Wildman–Crippen LogP) is 4.78. The summed E-state index contributed by atoms with van der Waals surface area (Å²) >= 11 is 0. The molecule has 34 heavy (non-hydrogen) atoms. The molecule has 0 aromatic heterocycles. The van der Waals surface area contributed by atoms with Crippen molar-refractivity contribution in [3.05, 3.63) is 0 Å². The number of hydrogen-bond acceptors (Lipinski definition) is 7. The van der Waals surface area contributed by atoms with Crippen LogP contribution >= 0.6 is 0 Å².